The molecule has 2 aromatic heterocycles. The minimum Gasteiger partial charge on any atom is -0.427 e. The molecule has 0 atom stereocenters. The monoisotopic (exact) mass is 428 g/mol. The second kappa shape index (κ2) is 8.10. The molecule has 0 unspecified atom stereocenters. The number of carbonyl (C=O) groups is 2. The molecule has 0 saturated heterocycles. The van der Waals surface area contributed by atoms with E-state index >= 15 is 0 Å². The van der Waals surface area contributed by atoms with Crippen LogP contribution in [0.1, 0.15) is 27.9 Å². The fourth-order valence-corrected chi connectivity index (χ4v) is 3.74. The molecule has 2 N–H and O–H groups in total. The number of Topliss-reactive ketones (excluding diaryl/α,β-unsaturated/α-hetero) is 1. The van der Waals surface area contributed by atoms with E-state index in [1.165, 1.54) is 12.6 Å². The van der Waals surface area contributed by atoms with Crippen LogP contribution in [0.3, 0.4) is 0 Å². The van der Waals surface area contributed by atoms with E-state index in [1.807, 2.05) is 25.1 Å². The lowest BCUT2D eigenvalue weighted by Gasteiger charge is -2.25. The first-order valence-corrected chi connectivity index (χ1v) is 10.2. The third kappa shape index (κ3) is 3.64. The van der Waals surface area contributed by atoms with Gasteiger partial charge in [0, 0.05) is 36.0 Å². The number of nitrogens with zero attached hydrogens (tertiary/aromatic N) is 4. The molecule has 1 amide bonds. The van der Waals surface area contributed by atoms with E-state index in [9.17, 15) is 9.59 Å². The number of aromatic nitrogens is 3. The Bertz CT molecular complexity index is 1260. The van der Waals surface area contributed by atoms with Gasteiger partial charge in [0.05, 0.1) is 11.9 Å². The molecule has 3 heterocycles. The lowest BCUT2D eigenvalue weighted by Crippen LogP contribution is -2.31. The van der Waals surface area contributed by atoms with Crippen LogP contribution in [0.5, 0.6) is 0 Å². The highest BCUT2D eigenvalue weighted by molar-refractivity contribution is 6.02. The van der Waals surface area contributed by atoms with Crippen molar-refractivity contribution in [2.75, 3.05) is 16.8 Å². The fraction of sp³-hybridized carbons (Fsp3) is 0.174. The third-order valence-corrected chi connectivity index (χ3v) is 5.30. The second-order valence-electron chi connectivity index (χ2n) is 7.49. The van der Waals surface area contributed by atoms with Crippen molar-refractivity contribution in [1.29, 1.82) is 0 Å². The summed E-state index contributed by atoms with van der Waals surface area (Å²) in [5.74, 6) is 1.13. The maximum Gasteiger partial charge on any atom is 0.251 e. The number of carbonyl (C=O) groups excluding carboxylic acids is 2. The molecule has 2 aliphatic rings. The van der Waals surface area contributed by atoms with Crippen molar-refractivity contribution in [2.45, 2.75) is 19.8 Å². The van der Waals surface area contributed by atoms with Crippen molar-refractivity contribution in [2.24, 2.45) is 0 Å². The van der Waals surface area contributed by atoms with Gasteiger partial charge in [-0.3, -0.25) is 14.5 Å². The summed E-state index contributed by atoms with van der Waals surface area (Å²) < 4.78 is 5.52. The van der Waals surface area contributed by atoms with E-state index in [0.29, 0.717) is 41.9 Å². The number of rotatable bonds is 5. The van der Waals surface area contributed by atoms with Gasteiger partial charge in [-0.1, -0.05) is 12.2 Å². The molecule has 0 spiro atoms. The molecule has 0 fully saturated rings. The highest BCUT2D eigenvalue weighted by Gasteiger charge is 2.26. The van der Waals surface area contributed by atoms with Crippen LogP contribution in [0.15, 0.2) is 65.3 Å². The average Bonchev–Trinajstić information content (AvgIpc) is 3.32. The molecule has 3 aromatic rings. The number of oxazole rings is 1. The topological polar surface area (TPSA) is 113 Å². The second-order valence-corrected chi connectivity index (χ2v) is 7.49. The Balaban J connectivity index is 1.52. The van der Waals surface area contributed by atoms with Crippen LogP contribution in [0.25, 0.3) is 0 Å². The fourth-order valence-electron chi connectivity index (χ4n) is 3.74. The zero-order chi connectivity index (χ0) is 22.1. The summed E-state index contributed by atoms with van der Waals surface area (Å²) in [7, 11) is 0. The Labute approximate surface area is 183 Å². The van der Waals surface area contributed by atoms with Gasteiger partial charge < -0.3 is 15.1 Å². The van der Waals surface area contributed by atoms with E-state index in [2.05, 4.69) is 25.6 Å². The molecular weight excluding hydrogens is 408 g/mol. The minimum absolute atomic E-state index is 0.0515. The number of ketones is 1. The summed E-state index contributed by atoms with van der Waals surface area (Å²) in [6.45, 7) is 2.48. The molecule has 0 bridgehead atoms. The van der Waals surface area contributed by atoms with Gasteiger partial charge in [0.15, 0.2) is 12.2 Å². The molecule has 9 heteroatoms. The number of aryl methyl sites for hydroxylation is 1. The maximum absolute atomic E-state index is 12.6. The van der Waals surface area contributed by atoms with Crippen LogP contribution < -0.4 is 15.5 Å². The molecule has 5 rings (SSSR count). The van der Waals surface area contributed by atoms with Crippen LogP contribution in [-0.2, 0) is 11.2 Å². The lowest BCUT2D eigenvalue weighted by molar-refractivity contribution is -0.114. The molecule has 160 valence electrons. The van der Waals surface area contributed by atoms with Crippen LogP contribution in [0.4, 0.5) is 23.3 Å². The minimum atomic E-state index is -0.0613. The highest BCUT2D eigenvalue weighted by Crippen LogP contribution is 2.33. The zero-order valence-electron chi connectivity index (χ0n) is 17.3. The first-order valence-electron chi connectivity index (χ1n) is 10.2. The first-order chi connectivity index (χ1) is 15.6. The summed E-state index contributed by atoms with van der Waals surface area (Å²) in [5, 5.41) is 6.05. The standard InChI is InChI=1S/C23H20N6O3/c1-14-11-26-23(27-16-6-7-17-15(10-16)8-9-25-22(17)31)28-21(14)29(20-12-24-13-32-20)18-4-2-3-5-19(18)30/h2-4,6-7,10-13H,5,8-9H2,1H3,(H,25,31)(H,26,27,28). The van der Waals surface area contributed by atoms with Crippen molar-refractivity contribution >= 4 is 35.0 Å². The summed E-state index contributed by atoms with van der Waals surface area (Å²) in [5.41, 5.74) is 3.63. The number of benzene rings is 1. The van der Waals surface area contributed by atoms with Crippen LogP contribution in [0.2, 0.25) is 0 Å². The number of fused-ring (bicyclic) bond motifs is 1. The van der Waals surface area contributed by atoms with Crippen molar-refractivity contribution in [3.8, 4) is 0 Å². The third-order valence-electron chi connectivity index (χ3n) is 5.30. The summed E-state index contributed by atoms with van der Waals surface area (Å²) >= 11 is 0. The average molecular weight is 428 g/mol. The number of hydrogen-bond donors (Lipinski definition) is 2. The Morgan fingerprint density at radius 2 is 2.12 bits per heavy atom. The van der Waals surface area contributed by atoms with Crippen molar-refractivity contribution in [3.05, 3.63) is 77.6 Å². The predicted octanol–water partition coefficient (Wildman–Crippen LogP) is 3.35. The Morgan fingerprint density at radius 1 is 1.22 bits per heavy atom. The number of hydrogen-bond acceptors (Lipinski definition) is 8. The number of anilines is 4. The molecule has 1 aliphatic carbocycles. The number of allylic oxidation sites excluding steroid dienone is 4. The smallest absolute Gasteiger partial charge is 0.251 e. The van der Waals surface area contributed by atoms with Crippen LogP contribution in [0, 0.1) is 6.92 Å². The van der Waals surface area contributed by atoms with Crippen molar-refractivity contribution in [1.82, 2.24) is 20.3 Å². The Kier molecular flexibility index (Phi) is 4.98. The summed E-state index contributed by atoms with van der Waals surface area (Å²) in [6, 6.07) is 5.54. The molecule has 0 radical (unpaired) electrons. The van der Waals surface area contributed by atoms with Gasteiger partial charge in [-0.15, -0.1) is 0 Å². The number of amides is 1. The van der Waals surface area contributed by atoms with E-state index in [1.54, 1.807) is 29.3 Å². The van der Waals surface area contributed by atoms with Gasteiger partial charge in [0.1, 0.15) is 5.82 Å². The molecule has 0 saturated carbocycles. The molecule has 1 aromatic carbocycles. The highest BCUT2D eigenvalue weighted by atomic mass is 16.4. The van der Waals surface area contributed by atoms with Gasteiger partial charge in [0.25, 0.3) is 5.91 Å². The normalized spacial score (nSPS) is 15.1. The number of nitrogens with one attached hydrogen (secondary N) is 2. The van der Waals surface area contributed by atoms with E-state index in [-0.39, 0.29) is 11.7 Å². The first kappa shape index (κ1) is 19.7. The van der Waals surface area contributed by atoms with Gasteiger partial charge >= 0.3 is 0 Å². The van der Waals surface area contributed by atoms with Crippen molar-refractivity contribution < 1.29 is 14.0 Å². The van der Waals surface area contributed by atoms with Crippen LogP contribution >= 0.6 is 0 Å². The van der Waals surface area contributed by atoms with Crippen molar-refractivity contribution in [3.63, 3.8) is 0 Å². The Hall–Kier alpha value is -4.27. The van der Waals surface area contributed by atoms with Gasteiger partial charge in [-0.05, 0) is 43.2 Å². The largest absolute Gasteiger partial charge is 0.427 e. The van der Waals surface area contributed by atoms with E-state index in [4.69, 9.17) is 4.42 Å². The molecular formula is C23H20N6O3. The molecule has 32 heavy (non-hydrogen) atoms. The van der Waals surface area contributed by atoms with Crippen LogP contribution in [-0.4, -0.2) is 33.2 Å². The summed E-state index contributed by atoms with van der Waals surface area (Å²) in [4.78, 5) is 39.4. The predicted molar refractivity (Wildman–Crippen MR) is 118 cm³/mol. The molecule has 1 aliphatic heterocycles. The van der Waals surface area contributed by atoms with Gasteiger partial charge in [-0.2, -0.15) is 4.98 Å². The Morgan fingerprint density at radius 3 is 2.94 bits per heavy atom. The van der Waals surface area contributed by atoms with E-state index < -0.39 is 0 Å². The van der Waals surface area contributed by atoms with E-state index in [0.717, 1.165) is 23.2 Å². The summed E-state index contributed by atoms with van der Waals surface area (Å²) in [6.07, 6.45) is 11.0. The maximum atomic E-state index is 12.6. The quantitative estimate of drug-likeness (QED) is 0.636. The SMILES string of the molecule is Cc1cnc(Nc2ccc3c(c2)CCNC3=O)nc1N(C1=CC=CCC1=O)c1cnco1. The lowest BCUT2D eigenvalue weighted by atomic mass is 10.00. The molecule has 9 nitrogen and oxygen atoms in total. The van der Waals surface area contributed by atoms with Gasteiger partial charge in [0.2, 0.25) is 11.8 Å². The zero-order valence-corrected chi connectivity index (χ0v) is 17.3. The van der Waals surface area contributed by atoms with Gasteiger partial charge in [-0.25, -0.2) is 9.97 Å².